The highest BCUT2D eigenvalue weighted by Crippen LogP contribution is 2.24. The zero-order valence-electron chi connectivity index (χ0n) is 10.1. The van der Waals surface area contributed by atoms with Crippen molar-refractivity contribution in [1.29, 1.82) is 0 Å². The average Bonchev–Trinajstić information content (AvgIpc) is 2.79. The number of rotatable bonds is 4. The molecule has 3 heteroatoms. The van der Waals surface area contributed by atoms with Gasteiger partial charge in [0.15, 0.2) is 0 Å². The van der Waals surface area contributed by atoms with E-state index in [-0.39, 0.29) is 0 Å². The van der Waals surface area contributed by atoms with Crippen molar-refractivity contribution in [3.05, 3.63) is 51.9 Å². The molecule has 1 aromatic carbocycles. The van der Waals surface area contributed by atoms with Crippen LogP contribution >= 0.6 is 15.9 Å². The van der Waals surface area contributed by atoms with E-state index in [1.54, 1.807) is 0 Å². The molecule has 1 aromatic heterocycles. The van der Waals surface area contributed by atoms with Crippen LogP contribution in [0.15, 0.2) is 39.2 Å². The lowest BCUT2D eigenvalue weighted by atomic mass is 10.2. The second-order valence-electron chi connectivity index (χ2n) is 3.99. The van der Waals surface area contributed by atoms with Crippen LogP contribution < -0.4 is 5.32 Å². The summed E-state index contributed by atoms with van der Waals surface area (Å²) in [5, 5.41) is 3.38. The maximum atomic E-state index is 5.65. The van der Waals surface area contributed by atoms with Crippen LogP contribution in [-0.4, -0.2) is 0 Å². The number of anilines is 1. The number of halogens is 1. The minimum absolute atomic E-state index is 0.720. The van der Waals surface area contributed by atoms with Crippen molar-refractivity contribution in [1.82, 2.24) is 0 Å². The first-order chi connectivity index (χ1) is 8.20. The largest absolute Gasteiger partial charge is 0.464 e. The first-order valence-corrected chi connectivity index (χ1v) is 6.56. The van der Waals surface area contributed by atoms with Crippen molar-refractivity contribution in [2.24, 2.45) is 0 Å². The minimum Gasteiger partial charge on any atom is -0.464 e. The van der Waals surface area contributed by atoms with Gasteiger partial charge in [-0.2, -0.15) is 0 Å². The molecule has 2 aromatic rings. The molecule has 0 fully saturated rings. The number of nitrogens with one attached hydrogen (secondary N) is 1. The smallest absolute Gasteiger partial charge is 0.123 e. The van der Waals surface area contributed by atoms with Gasteiger partial charge >= 0.3 is 0 Å². The fourth-order valence-corrected chi connectivity index (χ4v) is 2.05. The summed E-state index contributed by atoms with van der Waals surface area (Å²) in [5.41, 5.74) is 2.35. The van der Waals surface area contributed by atoms with E-state index >= 15 is 0 Å². The number of furan rings is 1. The molecule has 90 valence electrons. The molecule has 0 saturated heterocycles. The Balaban J connectivity index is 2.04. The van der Waals surface area contributed by atoms with Gasteiger partial charge in [-0.05, 0) is 36.8 Å². The van der Waals surface area contributed by atoms with Gasteiger partial charge in [0.2, 0.25) is 0 Å². The van der Waals surface area contributed by atoms with Crippen molar-refractivity contribution in [3.63, 3.8) is 0 Å². The van der Waals surface area contributed by atoms with Gasteiger partial charge in [-0.25, -0.2) is 0 Å². The van der Waals surface area contributed by atoms with Crippen LogP contribution in [0, 0.1) is 6.92 Å². The van der Waals surface area contributed by atoms with Crippen molar-refractivity contribution < 1.29 is 4.42 Å². The number of hydrogen-bond acceptors (Lipinski definition) is 2. The number of benzene rings is 1. The van der Waals surface area contributed by atoms with E-state index in [0.717, 1.165) is 34.6 Å². The lowest BCUT2D eigenvalue weighted by Gasteiger charge is -2.09. The molecule has 1 heterocycles. The van der Waals surface area contributed by atoms with Gasteiger partial charge in [0, 0.05) is 16.6 Å². The van der Waals surface area contributed by atoms with Gasteiger partial charge in [-0.15, -0.1) is 0 Å². The first kappa shape index (κ1) is 12.2. The Morgan fingerprint density at radius 3 is 2.65 bits per heavy atom. The van der Waals surface area contributed by atoms with Crippen molar-refractivity contribution in [2.75, 3.05) is 5.32 Å². The third-order valence-electron chi connectivity index (χ3n) is 2.79. The quantitative estimate of drug-likeness (QED) is 0.896. The van der Waals surface area contributed by atoms with Crippen LogP contribution in [0.1, 0.15) is 24.0 Å². The lowest BCUT2D eigenvalue weighted by Crippen LogP contribution is -2.00. The van der Waals surface area contributed by atoms with Gasteiger partial charge in [-0.3, -0.25) is 0 Å². The Labute approximate surface area is 110 Å². The maximum Gasteiger partial charge on any atom is 0.123 e. The van der Waals surface area contributed by atoms with Crippen molar-refractivity contribution in [3.8, 4) is 0 Å². The summed E-state index contributed by atoms with van der Waals surface area (Å²) < 4.78 is 6.77. The van der Waals surface area contributed by atoms with E-state index in [9.17, 15) is 0 Å². The van der Waals surface area contributed by atoms with Crippen LogP contribution in [0.5, 0.6) is 0 Å². The van der Waals surface area contributed by atoms with E-state index < -0.39 is 0 Å². The molecule has 0 spiro atoms. The maximum absolute atomic E-state index is 5.65. The Hall–Kier alpha value is -1.22. The molecule has 0 amide bonds. The molecule has 0 saturated carbocycles. The SMILES string of the molecule is CCc1ccc(CNc2cccc(Br)c2C)o1. The minimum atomic E-state index is 0.720. The zero-order valence-corrected chi connectivity index (χ0v) is 11.7. The summed E-state index contributed by atoms with van der Waals surface area (Å²) in [5.74, 6) is 2.01. The molecule has 2 nitrogen and oxygen atoms in total. The second-order valence-corrected chi connectivity index (χ2v) is 4.84. The molecule has 1 N–H and O–H groups in total. The monoisotopic (exact) mass is 293 g/mol. The van der Waals surface area contributed by atoms with Gasteiger partial charge in [-0.1, -0.05) is 28.9 Å². The summed E-state index contributed by atoms with van der Waals surface area (Å²) in [4.78, 5) is 0. The zero-order chi connectivity index (χ0) is 12.3. The summed E-state index contributed by atoms with van der Waals surface area (Å²) in [6.45, 7) is 4.90. The fourth-order valence-electron chi connectivity index (χ4n) is 1.69. The summed E-state index contributed by atoms with van der Waals surface area (Å²) in [6, 6.07) is 10.2. The highest BCUT2D eigenvalue weighted by molar-refractivity contribution is 9.10. The summed E-state index contributed by atoms with van der Waals surface area (Å²) in [7, 11) is 0. The van der Waals surface area contributed by atoms with Crippen LogP contribution in [0.3, 0.4) is 0 Å². The second kappa shape index (κ2) is 5.41. The fraction of sp³-hybridized carbons (Fsp3) is 0.286. The molecule has 0 bridgehead atoms. The van der Waals surface area contributed by atoms with Crippen LogP contribution in [0.4, 0.5) is 5.69 Å². The first-order valence-electron chi connectivity index (χ1n) is 5.77. The Kier molecular flexibility index (Phi) is 3.89. The molecule has 0 aliphatic rings. The third kappa shape index (κ3) is 2.91. The normalized spacial score (nSPS) is 10.5. The van der Waals surface area contributed by atoms with Crippen LogP contribution in [0.25, 0.3) is 0 Å². The standard InChI is InChI=1S/C14H16BrNO/c1-3-11-7-8-12(17-11)9-16-14-6-4-5-13(15)10(14)2/h4-8,16H,3,9H2,1-2H3. The van der Waals surface area contributed by atoms with Gasteiger partial charge in [0.1, 0.15) is 11.5 Å². The molecule has 0 unspecified atom stereocenters. The van der Waals surface area contributed by atoms with Gasteiger partial charge in [0.05, 0.1) is 6.54 Å². The third-order valence-corrected chi connectivity index (χ3v) is 3.65. The van der Waals surface area contributed by atoms with E-state index in [4.69, 9.17) is 4.42 Å². The molecule has 0 radical (unpaired) electrons. The van der Waals surface area contributed by atoms with E-state index in [1.165, 1.54) is 5.56 Å². The number of hydrogen-bond donors (Lipinski definition) is 1. The van der Waals surface area contributed by atoms with Gasteiger partial charge in [0.25, 0.3) is 0 Å². The summed E-state index contributed by atoms with van der Waals surface area (Å²) in [6.07, 6.45) is 0.940. The average molecular weight is 294 g/mol. The Morgan fingerprint density at radius 2 is 1.94 bits per heavy atom. The highest BCUT2D eigenvalue weighted by Gasteiger charge is 2.03. The predicted octanol–water partition coefficient (Wildman–Crippen LogP) is 4.53. The molecular weight excluding hydrogens is 278 g/mol. The summed E-state index contributed by atoms with van der Waals surface area (Å²) >= 11 is 3.52. The Morgan fingerprint density at radius 1 is 1.18 bits per heavy atom. The van der Waals surface area contributed by atoms with Crippen LogP contribution in [0.2, 0.25) is 0 Å². The molecule has 0 atom stereocenters. The predicted molar refractivity (Wildman–Crippen MR) is 74.3 cm³/mol. The molecular formula is C14H16BrNO. The Bertz CT molecular complexity index is 505. The molecule has 2 rings (SSSR count). The highest BCUT2D eigenvalue weighted by atomic mass is 79.9. The van der Waals surface area contributed by atoms with E-state index in [1.807, 2.05) is 24.3 Å². The lowest BCUT2D eigenvalue weighted by molar-refractivity contribution is 0.476. The van der Waals surface area contributed by atoms with Crippen LogP contribution in [-0.2, 0) is 13.0 Å². The molecule has 0 aliphatic carbocycles. The topological polar surface area (TPSA) is 25.2 Å². The molecule has 0 aliphatic heterocycles. The molecule has 17 heavy (non-hydrogen) atoms. The van der Waals surface area contributed by atoms with Gasteiger partial charge < -0.3 is 9.73 Å². The van der Waals surface area contributed by atoms with E-state index in [2.05, 4.69) is 41.2 Å². The van der Waals surface area contributed by atoms with Crippen molar-refractivity contribution in [2.45, 2.75) is 26.8 Å². The van der Waals surface area contributed by atoms with Crippen molar-refractivity contribution >= 4 is 21.6 Å². The number of aryl methyl sites for hydroxylation is 1. The van der Waals surface area contributed by atoms with E-state index in [0.29, 0.717) is 0 Å².